The second-order valence-corrected chi connectivity index (χ2v) is 6.53. The van der Waals surface area contributed by atoms with E-state index in [0.29, 0.717) is 17.4 Å². The van der Waals surface area contributed by atoms with Crippen molar-refractivity contribution < 1.29 is 8.78 Å². The van der Waals surface area contributed by atoms with Crippen molar-refractivity contribution in [1.82, 2.24) is 0 Å². The number of nitrogens with zero attached hydrogens (tertiary/aromatic N) is 1. The first kappa shape index (κ1) is 13.4. The van der Waals surface area contributed by atoms with E-state index < -0.39 is 11.6 Å². The van der Waals surface area contributed by atoms with Crippen LogP contribution in [0, 0.1) is 11.6 Å². The van der Waals surface area contributed by atoms with Gasteiger partial charge in [-0.2, -0.15) is 0 Å². The minimum absolute atomic E-state index is 0.461. The highest BCUT2D eigenvalue weighted by Gasteiger charge is 2.22. The van der Waals surface area contributed by atoms with Gasteiger partial charge in [-0.3, -0.25) is 0 Å². The van der Waals surface area contributed by atoms with Gasteiger partial charge in [0.05, 0.1) is 5.69 Å². The molecule has 1 heterocycles. The minimum Gasteiger partial charge on any atom is -0.365 e. The van der Waals surface area contributed by atoms with Crippen LogP contribution in [0.15, 0.2) is 47.4 Å². The average Bonchev–Trinajstić information content (AvgIpc) is 2.37. The third-order valence-corrected chi connectivity index (χ3v) is 4.46. The quantitative estimate of drug-likeness (QED) is 0.803. The molecule has 2 aromatic rings. The highest BCUT2D eigenvalue weighted by molar-refractivity contribution is 8.00. The second kappa shape index (κ2) is 5.44. The van der Waals surface area contributed by atoms with Gasteiger partial charge in [0.25, 0.3) is 0 Å². The summed E-state index contributed by atoms with van der Waals surface area (Å²) in [7, 11) is 0. The van der Waals surface area contributed by atoms with Crippen molar-refractivity contribution in [2.24, 2.45) is 0 Å². The molecule has 3 rings (SSSR count). The predicted octanol–water partition coefficient (Wildman–Crippen LogP) is 4.47. The van der Waals surface area contributed by atoms with Gasteiger partial charge in [0.2, 0.25) is 0 Å². The Morgan fingerprint density at radius 2 is 1.85 bits per heavy atom. The Morgan fingerprint density at radius 1 is 1.15 bits per heavy atom. The fraction of sp³-hybridized carbons (Fsp3) is 0.250. The van der Waals surface area contributed by atoms with Crippen LogP contribution in [0.1, 0.15) is 12.5 Å². The lowest BCUT2D eigenvalue weighted by Gasteiger charge is -2.34. The average molecular weight is 291 g/mol. The maximum Gasteiger partial charge on any atom is 0.126 e. The normalized spacial score (nSPS) is 17.9. The number of thioether (sulfide) groups is 1. The number of anilines is 1. The van der Waals surface area contributed by atoms with Gasteiger partial charge in [-0.1, -0.05) is 19.1 Å². The molecule has 20 heavy (non-hydrogen) atoms. The highest BCUT2D eigenvalue weighted by atomic mass is 32.2. The van der Waals surface area contributed by atoms with E-state index in [9.17, 15) is 8.78 Å². The summed E-state index contributed by atoms with van der Waals surface area (Å²) in [6.45, 7) is 3.57. The third-order valence-electron chi connectivity index (χ3n) is 3.31. The standard InChI is InChI=1S/C16H15F2NS/c1-11-9-19(15-4-2-3-5-16(15)20-11)10-12-6-13(17)8-14(18)7-12/h2-8,11H,9-10H2,1H3. The lowest BCUT2D eigenvalue weighted by atomic mass is 10.1. The molecule has 0 aliphatic carbocycles. The lowest BCUT2D eigenvalue weighted by molar-refractivity contribution is 0.578. The van der Waals surface area contributed by atoms with Gasteiger partial charge >= 0.3 is 0 Å². The molecule has 1 atom stereocenters. The summed E-state index contributed by atoms with van der Waals surface area (Å²) in [5.41, 5.74) is 1.80. The molecule has 1 nitrogen and oxygen atoms in total. The van der Waals surface area contributed by atoms with E-state index >= 15 is 0 Å². The van der Waals surface area contributed by atoms with Crippen molar-refractivity contribution in [3.05, 3.63) is 59.7 Å². The number of para-hydroxylation sites is 1. The summed E-state index contributed by atoms with van der Waals surface area (Å²) < 4.78 is 26.6. The molecule has 1 unspecified atom stereocenters. The van der Waals surface area contributed by atoms with Gasteiger partial charge in [-0.15, -0.1) is 11.8 Å². The lowest BCUT2D eigenvalue weighted by Crippen LogP contribution is -2.32. The van der Waals surface area contributed by atoms with E-state index in [0.717, 1.165) is 18.3 Å². The molecule has 2 aromatic carbocycles. The van der Waals surface area contributed by atoms with Crippen molar-refractivity contribution in [3.63, 3.8) is 0 Å². The second-order valence-electron chi connectivity index (χ2n) is 5.05. The highest BCUT2D eigenvalue weighted by Crippen LogP contribution is 2.38. The molecule has 0 saturated heterocycles. The smallest absolute Gasteiger partial charge is 0.126 e. The van der Waals surface area contributed by atoms with Crippen molar-refractivity contribution in [3.8, 4) is 0 Å². The van der Waals surface area contributed by atoms with Crippen molar-refractivity contribution in [2.75, 3.05) is 11.4 Å². The van der Waals surface area contributed by atoms with E-state index in [-0.39, 0.29) is 0 Å². The molecule has 1 aliphatic rings. The predicted molar refractivity (Wildman–Crippen MR) is 79.2 cm³/mol. The number of rotatable bonds is 2. The zero-order chi connectivity index (χ0) is 14.1. The molecular formula is C16H15F2NS. The van der Waals surface area contributed by atoms with Crippen LogP contribution in [0.25, 0.3) is 0 Å². The Balaban J connectivity index is 1.91. The van der Waals surface area contributed by atoms with Crippen LogP contribution in [0.2, 0.25) is 0 Å². The van der Waals surface area contributed by atoms with Crippen LogP contribution < -0.4 is 4.90 Å². The molecule has 0 N–H and O–H groups in total. The molecule has 0 radical (unpaired) electrons. The molecule has 104 valence electrons. The first-order valence-corrected chi connectivity index (χ1v) is 7.45. The molecule has 4 heteroatoms. The van der Waals surface area contributed by atoms with Gasteiger partial charge in [0.1, 0.15) is 11.6 Å². The molecule has 0 bridgehead atoms. The summed E-state index contributed by atoms with van der Waals surface area (Å²) in [6, 6.07) is 11.9. The molecule has 0 spiro atoms. The summed E-state index contributed by atoms with van der Waals surface area (Å²) >= 11 is 1.84. The van der Waals surface area contributed by atoms with Gasteiger partial charge < -0.3 is 4.90 Å². The Hall–Kier alpha value is -1.55. The zero-order valence-electron chi connectivity index (χ0n) is 11.1. The molecule has 0 aromatic heterocycles. The summed E-state index contributed by atoms with van der Waals surface area (Å²) in [4.78, 5) is 3.41. The van der Waals surface area contributed by atoms with Crippen molar-refractivity contribution in [2.45, 2.75) is 23.6 Å². The first-order valence-electron chi connectivity index (χ1n) is 6.57. The maximum atomic E-state index is 13.3. The van der Waals surface area contributed by atoms with Gasteiger partial charge in [0.15, 0.2) is 0 Å². The van der Waals surface area contributed by atoms with Crippen molar-refractivity contribution in [1.29, 1.82) is 0 Å². The largest absolute Gasteiger partial charge is 0.365 e. The van der Waals surface area contributed by atoms with Crippen LogP contribution in [-0.4, -0.2) is 11.8 Å². The number of hydrogen-bond acceptors (Lipinski definition) is 2. The Labute approximate surface area is 121 Å². The molecular weight excluding hydrogens is 276 g/mol. The molecule has 0 saturated carbocycles. The molecule has 1 aliphatic heterocycles. The Morgan fingerprint density at radius 3 is 2.60 bits per heavy atom. The minimum atomic E-state index is -0.521. The van der Waals surface area contributed by atoms with E-state index in [1.807, 2.05) is 23.9 Å². The fourth-order valence-electron chi connectivity index (χ4n) is 2.55. The van der Waals surface area contributed by atoms with Gasteiger partial charge in [-0.05, 0) is 29.8 Å². The van der Waals surface area contributed by atoms with Crippen LogP contribution >= 0.6 is 11.8 Å². The van der Waals surface area contributed by atoms with E-state index in [1.54, 1.807) is 0 Å². The number of hydrogen-bond donors (Lipinski definition) is 0. The van der Waals surface area contributed by atoms with Crippen molar-refractivity contribution >= 4 is 17.4 Å². The van der Waals surface area contributed by atoms with E-state index in [1.165, 1.54) is 17.0 Å². The van der Waals surface area contributed by atoms with Gasteiger partial charge in [0, 0.05) is 29.3 Å². The SMILES string of the molecule is CC1CN(Cc2cc(F)cc(F)c2)c2ccccc2S1. The molecule has 0 fully saturated rings. The fourth-order valence-corrected chi connectivity index (χ4v) is 3.72. The molecule has 0 amide bonds. The van der Waals surface area contributed by atoms with Gasteiger partial charge in [-0.25, -0.2) is 8.78 Å². The first-order chi connectivity index (χ1) is 9.61. The monoisotopic (exact) mass is 291 g/mol. The van der Waals surface area contributed by atoms with Crippen LogP contribution in [-0.2, 0) is 6.54 Å². The topological polar surface area (TPSA) is 3.24 Å². The van der Waals surface area contributed by atoms with Crippen LogP contribution in [0.3, 0.4) is 0 Å². The number of fused-ring (bicyclic) bond motifs is 1. The van der Waals surface area contributed by atoms with E-state index in [4.69, 9.17) is 0 Å². The zero-order valence-corrected chi connectivity index (χ0v) is 12.0. The van der Waals surface area contributed by atoms with Crippen LogP contribution in [0.4, 0.5) is 14.5 Å². The van der Waals surface area contributed by atoms with Crippen LogP contribution in [0.5, 0.6) is 0 Å². The summed E-state index contributed by atoms with van der Waals surface area (Å²) in [5, 5.41) is 0.461. The summed E-state index contributed by atoms with van der Waals surface area (Å²) in [5.74, 6) is -1.04. The van der Waals surface area contributed by atoms with E-state index in [2.05, 4.69) is 24.0 Å². The third kappa shape index (κ3) is 2.80. The summed E-state index contributed by atoms with van der Waals surface area (Å²) in [6.07, 6.45) is 0. The Bertz CT molecular complexity index is 609. The number of halogens is 2. The maximum absolute atomic E-state index is 13.3. The Kier molecular flexibility index (Phi) is 3.66. The number of benzene rings is 2.